The highest BCUT2D eigenvalue weighted by atomic mass is 35.5. The van der Waals surface area contributed by atoms with Gasteiger partial charge in [-0.1, -0.05) is 29.5 Å². The Morgan fingerprint density at radius 3 is 2.74 bits per heavy atom. The molecule has 2 aliphatic rings. The number of hydrogen-bond donors (Lipinski definition) is 2. The lowest BCUT2D eigenvalue weighted by Gasteiger charge is -2.36. The van der Waals surface area contributed by atoms with E-state index in [9.17, 15) is 9.18 Å². The minimum atomic E-state index is -0.724. The molecule has 0 radical (unpaired) electrons. The normalized spacial score (nSPS) is 15.7. The van der Waals surface area contributed by atoms with Gasteiger partial charge >= 0.3 is 6.09 Å². The summed E-state index contributed by atoms with van der Waals surface area (Å²) >= 11 is 6.86. The van der Waals surface area contributed by atoms with Gasteiger partial charge in [-0.3, -0.25) is 4.90 Å². The average Bonchev–Trinajstić information content (AvgIpc) is 3.41. The van der Waals surface area contributed by atoms with E-state index in [1.807, 2.05) is 38.5 Å². The van der Waals surface area contributed by atoms with Gasteiger partial charge in [0.25, 0.3) is 0 Å². The molecular weight excluding hydrogens is 509 g/mol. The van der Waals surface area contributed by atoms with Crippen LogP contribution in [0.4, 0.5) is 15.0 Å². The van der Waals surface area contributed by atoms with Crippen molar-refractivity contribution >= 4 is 23.5 Å². The van der Waals surface area contributed by atoms with Crippen molar-refractivity contribution in [2.24, 2.45) is 7.05 Å². The summed E-state index contributed by atoms with van der Waals surface area (Å²) in [6.45, 7) is 5.59. The van der Waals surface area contributed by atoms with Gasteiger partial charge in [0.15, 0.2) is 11.9 Å². The number of hydrogen-bond acceptors (Lipinski definition) is 5. The van der Waals surface area contributed by atoms with E-state index in [0.29, 0.717) is 44.7 Å². The number of fused-ring (bicyclic) bond motifs is 3. The number of aryl methyl sites for hydroxylation is 1. The standard InChI is InChI=1S/C28H27ClFN5O3/c1-28(2,3)38-27(36)35(14-16-9-11-19(37-5)12-10-16)26-23-24(34(4)15-31-23)20-21(29)22(32-25(20)33-26)17-7-6-8-18(30)13-17/h6-9,11,13,15,26,32-33H,14H2,1-5H3. The van der Waals surface area contributed by atoms with Crippen LogP contribution in [0.15, 0.2) is 65.5 Å². The third kappa shape index (κ3) is 4.75. The van der Waals surface area contributed by atoms with Crippen molar-refractivity contribution in [2.45, 2.75) is 32.5 Å². The molecule has 0 spiro atoms. The minimum Gasteiger partial charge on any atom is -0.489 e. The summed E-state index contributed by atoms with van der Waals surface area (Å²) in [5.74, 6) is 0.743. The van der Waals surface area contributed by atoms with Gasteiger partial charge in [-0.25, -0.2) is 14.2 Å². The van der Waals surface area contributed by atoms with Crippen LogP contribution >= 0.6 is 11.6 Å². The minimum absolute atomic E-state index is 0.156. The summed E-state index contributed by atoms with van der Waals surface area (Å²) in [6, 6.07) is 6.18. The molecule has 10 heteroatoms. The van der Waals surface area contributed by atoms with Gasteiger partial charge < -0.3 is 24.3 Å². The first-order chi connectivity index (χ1) is 18.1. The number of methoxy groups -OCH3 is 1. The number of H-pyrrole nitrogens is 1. The maximum absolute atomic E-state index is 14.0. The molecule has 1 atom stereocenters. The Kier molecular flexibility index (Phi) is 6.45. The first-order valence-corrected chi connectivity index (χ1v) is 12.4. The summed E-state index contributed by atoms with van der Waals surface area (Å²) in [4.78, 5) is 23.0. The molecule has 3 heterocycles. The van der Waals surface area contributed by atoms with E-state index in [1.165, 1.54) is 12.1 Å². The van der Waals surface area contributed by atoms with E-state index in [-0.39, 0.29) is 12.4 Å². The van der Waals surface area contributed by atoms with Gasteiger partial charge in [0, 0.05) is 18.2 Å². The SMILES string of the molecule is COC1=C=C=C(CN(C(=O)OC(C)(C)C)C2Nc3[nH]c(-c4cccc(F)c4)c(Cl)c3-c3c2ncn3C)C=C1. The molecule has 0 fully saturated rings. The van der Waals surface area contributed by atoms with Crippen LogP contribution in [-0.4, -0.2) is 44.8 Å². The van der Waals surface area contributed by atoms with E-state index in [1.54, 1.807) is 36.5 Å². The molecule has 0 saturated heterocycles. The van der Waals surface area contributed by atoms with Gasteiger partial charge in [-0.2, -0.15) is 0 Å². The maximum Gasteiger partial charge on any atom is 0.412 e. The zero-order chi connectivity index (χ0) is 27.2. The van der Waals surface area contributed by atoms with Crippen LogP contribution in [0.1, 0.15) is 32.6 Å². The second kappa shape index (κ2) is 9.62. The van der Waals surface area contributed by atoms with Crippen LogP contribution < -0.4 is 5.32 Å². The number of anilines is 1. The molecule has 2 N–H and O–H groups in total. The number of carbonyl (C=O) groups excluding carboxylic acids is 1. The smallest absolute Gasteiger partial charge is 0.412 e. The van der Waals surface area contributed by atoms with Crippen LogP contribution in [0.2, 0.25) is 5.02 Å². The van der Waals surface area contributed by atoms with Crippen molar-refractivity contribution in [3.8, 4) is 22.5 Å². The highest BCUT2D eigenvalue weighted by Crippen LogP contribution is 2.48. The number of nitrogens with one attached hydrogen (secondary N) is 2. The molecule has 3 aromatic rings. The summed E-state index contributed by atoms with van der Waals surface area (Å²) in [5, 5.41) is 3.81. The summed E-state index contributed by atoms with van der Waals surface area (Å²) in [5.41, 5.74) is 9.11. The number of imidazole rings is 1. The van der Waals surface area contributed by atoms with E-state index in [0.717, 1.165) is 5.69 Å². The molecule has 1 unspecified atom stereocenters. The average molecular weight is 536 g/mol. The zero-order valence-electron chi connectivity index (χ0n) is 21.6. The number of rotatable bonds is 5. The maximum atomic E-state index is 14.0. The summed E-state index contributed by atoms with van der Waals surface area (Å²) in [7, 11) is 3.41. The molecule has 2 aromatic heterocycles. The second-order valence-corrected chi connectivity index (χ2v) is 10.4. The van der Waals surface area contributed by atoms with Crippen molar-refractivity contribution in [2.75, 3.05) is 19.0 Å². The van der Waals surface area contributed by atoms with Crippen LogP contribution in [0.3, 0.4) is 0 Å². The van der Waals surface area contributed by atoms with Crippen LogP contribution in [0, 0.1) is 5.82 Å². The number of amides is 1. The quantitative estimate of drug-likeness (QED) is 0.374. The van der Waals surface area contributed by atoms with Gasteiger partial charge in [0.1, 0.15) is 22.9 Å². The Hall–Kier alpha value is -4.16. The Labute approximate surface area is 224 Å². The van der Waals surface area contributed by atoms with Crippen molar-refractivity contribution in [1.82, 2.24) is 19.4 Å². The third-order valence-corrected chi connectivity index (χ3v) is 6.45. The van der Waals surface area contributed by atoms with Gasteiger partial charge in [-0.15, -0.1) is 0 Å². The molecule has 1 amide bonds. The van der Waals surface area contributed by atoms with Gasteiger partial charge in [0.2, 0.25) is 0 Å². The molecular formula is C28H27ClFN5O3. The van der Waals surface area contributed by atoms with E-state index < -0.39 is 17.9 Å². The van der Waals surface area contributed by atoms with E-state index in [2.05, 4.69) is 26.7 Å². The molecule has 8 nitrogen and oxygen atoms in total. The molecule has 1 aromatic carbocycles. The highest BCUT2D eigenvalue weighted by Gasteiger charge is 2.39. The Balaban J connectivity index is 1.61. The topological polar surface area (TPSA) is 84.4 Å². The Bertz CT molecular complexity index is 1570. The Morgan fingerprint density at radius 1 is 1.29 bits per heavy atom. The van der Waals surface area contributed by atoms with E-state index in [4.69, 9.17) is 21.1 Å². The zero-order valence-corrected chi connectivity index (χ0v) is 22.4. The number of allylic oxidation sites excluding steroid dienone is 1. The molecule has 5 rings (SSSR count). The third-order valence-electron chi connectivity index (χ3n) is 6.08. The van der Waals surface area contributed by atoms with Gasteiger partial charge in [-0.05, 0) is 50.8 Å². The fourth-order valence-electron chi connectivity index (χ4n) is 4.41. The number of aromatic amines is 1. The fraction of sp³-hybridized carbons (Fsp3) is 0.286. The molecule has 1 aliphatic carbocycles. The second-order valence-electron chi connectivity index (χ2n) is 10.00. The number of ether oxygens (including phenoxy) is 2. The predicted octanol–water partition coefficient (Wildman–Crippen LogP) is 6.32. The number of halogens is 2. The molecule has 0 bridgehead atoms. The fourth-order valence-corrected chi connectivity index (χ4v) is 4.75. The molecule has 196 valence electrons. The Morgan fingerprint density at radius 2 is 2.08 bits per heavy atom. The molecule has 0 saturated carbocycles. The number of carbonyl (C=O) groups is 1. The lowest BCUT2D eigenvalue weighted by Crippen LogP contribution is -2.44. The monoisotopic (exact) mass is 535 g/mol. The first kappa shape index (κ1) is 25.5. The van der Waals surface area contributed by atoms with Gasteiger partial charge in [0.05, 0.1) is 42.0 Å². The van der Waals surface area contributed by atoms with Crippen molar-refractivity contribution in [3.63, 3.8) is 0 Å². The van der Waals surface area contributed by atoms with E-state index >= 15 is 0 Å². The largest absolute Gasteiger partial charge is 0.489 e. The van der Waals surface area contributed by atoms with Crippen molar-refractivity contribution in [3.05, 3.63) is 82.1 Å². The number of benzene rings is 1. The predicted molar refractivity (Wildman–Crippen MR) is 143 cm³/mol. The highest BCUT2D eigenvalue weighted by molar-refractivity contribution is 6.37. The molecule has 1 aliphatic heterocycles. The summed E-state index contributed by atoms with van der Waals surface area (Å²) < 4.78 is 26.8. The summed E-state index contributed by atoms with van der Waals surface area (Å²) in [6.07, 6.45) is 3.99. The first-order valence-electron chi connectivity index (χ1n) is 12.0. The van der Waals surface area contributed by atoms with Crippen LogP contribution in [-0.2, 0) is 16.5 Å². The molecule has 38 heavy (non-hydrogen) atoms. The van der Waals surface area contributed by atoms with Crippen LogP contribution in [0.5, 0.6) is 0 Å². The van der Waals surface area contributed by atoms with Crippen molar-refractivity contribution < 1.29 is 18.7 Å². The lowest BCUT2D eigenvalue weighted by molar-refractivity contribution is 0.0200. The van der Waals surface area contributed by atoms with Crippen LogP contribution in [0.25, 0.3) is 22.5 Å². The number of nitrogens with zero attached hydrogens (tertiary/aromatic N) is 3. The number of aromatic nitrogens is 3. The van der Waals surface area contributed by atoms with Crippen molar-refractivity contribution in [1.29, 1.82) is 0 Å². The lowest BCUT2D eigenvalue weighted by atomic mass is 10.0.